The lowest BCUT2D eigenvalue weighted by molar-refractivity contribution is -0.120. The van der Waals surface area contributed by atoms with Crippen LogP contribution in [-0.4, -0.2) is 18.4 Å². The second-order valence-electron chi connectivity index (χ2n) is 5.91. The van der Waals surface area contributed by atoms with E-state index < -0.39 is 17.5 Å². The fourth-order valence-corrected chi connectivity index (χ4v) is 2.83. The number of nitrogens with one attached hydrogen (secondary N) is 1. The molecule has 4 nitrogen and oxygen atoms in total. The summed E-state index contributed by atoms with van der Waals surface area (Å²) in [5, 5.41) is 2.50. The molecule has 0 atom stereocenters. The molecule has 0 aliphatic rings. The number of rotatable bonds is 6. The summed E-state index contributed by atoms with van der Waals surface area (Å²) >= 11 is 0. The first-order valence-corrected chi connectivity index (χ1v) is 8.51. The first kappa shape index (κ1) is 19.6. The molecular weight excluding hydrogens is 338 g/mol. The number of carbonyl (C=O) groups excluding carboxylic acids is 2. The van der Waals surface area contributed by atoms with Crippen molar-refractivity contribution in [2.24, 2.45) is 0 Å². The highest BCUT2D eigenvalue weighted by Gasteiger charge is 2.21. The molecule has 0 fully saturated rings. The molecule has 1 N–H and O–H groups in total. The molecule has 6 heteroatoms. The molecule has 0 radical (unpaired) electrons. The molecule has 2 aromatic carbocycles. The van der Waals surface area contributed by atoms with Crippen LogP contribution in [-0.2, 0) is 22.4 Å². The quantitative estimate of drug-likeness (QED) is 0.844. The van der Waals surface area contributed by atoms with E-state index in [0.717, 1.165) is 41.8 Å². The molecule has 0 unspecified atom stereocenters. The van der Waals surface area contributed by atoms with Gasteiger partial charge < -0.3 is 10.2 Å². The van der Waals surface area contributed by atoms with Gasteiger partial charge in [-0.1, -0.05) is 32.0 Å². The number of hydrogen-bond donors (Lipinski definition) is 1. The minimum Gasteiger partial charge on any atom is -0.324 e. The highest BCUT2D eigenvalue weighted by molar-refractivity contribution is 6.02. The Balaban J connectivity index is 2.27. The third-order valence-electron chi connectivity index (χ3n) is 4.12. The maximum Gasteiger partial charge on any atom is 0.244 e. The summed E-state index contributed by atoms with van der Waals surface area (Å²) in [7, 11) is 0. The van der Waals surface area contributed by atoms with Crippen molar-refractivity contribution in [3.05, 3.63) is 59.2 Å². The van der Waals surface area contributed by atoms with Gasteiger partial charge in [0.05, 0.1) is 5.69 Å². The molecule has 2 amide bonds. The molecule has 138 valence electrons. The summed E-state index contributed by atoms with van der Waals surface area (Å²) in [5.41, 5.74) is 2.82. The van der Waals surface area contributed by atoms with Gasteiger partial charge in [-0.2, -0.15) is 0 Å². The average Bonchev–Trinajstić information content (AvgIpc) is 2.62. The van der Waals surface area contributed by atoms with Gasteiger partial charge in [-0.25, -0.2) is 8.78 Å². The predicted octanol–water partition coefficient (Wildman–Crippen LogP) is 4.08. The Kier molecular flexibility index (Phi) is 6.44. The number of amides is 2. The Morgan fingerprint density at radius 2 is 1.62 bits per heavy atom. The normalized spacial score (nSPS) is 10.5. The zero-order chi connectivity index (χ0) is 19.3. The smallest absolute Gasteiger partial charge is 0.244 e. The molecular formula is C20H22F2N2O2. The van der Waals surface area contributed by atoms with E-state index in [1.54, 1.807) is 0 Å². The van der Waals surface area contributed by atoms with Crippen LogP contribution in [0.3, 0.4) is 0 Å². The zero-order valence-corrected chi connectivity index (χ0v) is 15.1. The van der Waals surface area contributed by atoms with Crippen LogP contribution in [0.15, 0.2) is 36.4 Å². The van der Waals surface area contributed by atoms with Crippen LogP contribution in [0.5, 0.6) is 0 Å². The Hall–Kier alpha value is -2.76. The van der Waals surface area contributed by atoms with Crippen LogP contribution in [0.25, 0.3) is 0 Å². The number of para-hydroxylation sites is 1. The molecule has 26 heavy (non-hydrogen) atoms. The Bertz CT molecular complexity index is 799. The van der Waals surface area contributed by atoms with E-state index in [4.69, 9.17) is 0 Å². The summed E-state index contributed by atoms with van der Waals surface area (Å²) < 4.78 is 26.3. The first-order chi connectivity index (χ1) is 12.4. The third kappa shape index (κ3) is 4.45. The second kappa shape index (κ2) is 8.56. The molecule has 2 rings (SSSR count). The lowest BCUT2D eigenvalue weighted by Crippen LogP contribution is -2.38. The Labute approximate surface area is 151 Å². The van der Waals surface area contributed by atoms with Gasteiger partial charge in [-0.15, -0.1) is 0 Å². The van der Waals surface area contributed by atoms with E-state index in [-0.39, 0.29) is 18.1 Å². The lowest BCUT2D eigenvalue weighted by atomic mass is 10.0. The number of benzene rings is 2. The second-order valence-corrected chi connectivity index (χ2v) is 5.91. The van der Waals surface area contributed by atoms with E-state index in [0.29, 0.717) is 0 Å². The number of halogens is 2. The zero-order valence-electron chi connectivity index (χ0n) is 15.1. The van der Waals surface area contributed by atoms with Crippen LogP contribution in [0.1, 0.15) is 31.9 Å². The highest BCUT2D eigenvalue weighted by Crippen LogP contribution is 2.27. The average molecular weight is 360 g/mol. The number of anilines is 2. The SMILES string of the molecule is CCc1cccc(CC)c1N(CC(=O)Nc1ccc(F)c(F)c1)C(C)=O. The minimum absolute atomic E-state index is 0.136. The van der Waals surface area contributed by atoms with Crippen molar-refractivity contribution in [3.63, 3.8) is 0 Å². The van der Waals surface area contributed by atoms with Crippen molar-refractivity contribution in [3.8, 4) is 0 Å². The van der Waals surface area contributed by atoms with Crippen molar-refractivity contribution >= 4 is 23.2 Å². The van der Waals surface area contributed by atoms with E-state index in [9.17, 15) is 18.4 Å². The van der Waals surface area contributed by atoms with Gasteiger partial charge in [0, 0.05) is 18.7 Å². The standard InChI is InChI=1S/C20H22F2N2O2/c1-4-14-7-6-8-15(5-2)20(14)24(13(3)25)12-19(26)23-16-9-10-17(21)18(22)11-16/h6-11H,4-5,12H2,1-3H3,(H,23,26). The van der Waals surface area contributed by atoms with Crippen molar-refractivity contribution in [1.29, 1.82) is 0 Å². The first-order valence-electron chi connectivity index (χ1n) is 8.51. The number of aryl methyl sites for hydroxylation is 2. The summed E-state index contributed by atoms with van der Waals surface area (Å²) in [5.74, 6) is -2.78. The van der Waals surface area contributed by atoms with Crippen molar-refractivity contribution in [2.75, 3.05) is 16.8 Å². The molecule has 0 aliphatic heterocycles. The summed E-state index contributed by atoms with van der Waals surface area (Å²) in [6, 6.07) is 8.90. The number of nitrogens with zero attached hydrogens (tertiary/aromatic N) is 1. The van der Waals surface area contributed by atoms with Crippen molar-refractivity contribution < 1.29 is 18.4 Å². The minimum atomic E-state index is -1.05. The van der Waals surface area contributed by atoms with E-state index in [2.05, 4.69) is 5.32 Å². The van der Waals surface area contributed by atoms with Gasteiger partial charge in [0.1, 0.15) is 6.54 Å². The van der Waals surface area contributed by atoms with Gasteiger partial charge >= 0.3 is 0 Å². The topological polar surface area (TPSA) is 49.4 Å². The van der Waals surface area contributed by atoms with Crippen molar-refractivity contribution in [2.45, 2.75) is 33.6 Å². The van der Waals surface area contributed by atoms with Crippen LogP contribution in [0.2, 0.25) is 0 Å². The third-order valence-corrected chi connectivity index (χ3v) is 4.12. The van der Waals surface area contributed by atoms with Crippen LogP contribution < -0.4 is 10.2 Å². The number of hydrogen-bond acceptors (Lipinski definition) is 2. The monoisotopic (exact) mass is 360 g/mol. The molecule has 0 bridgehead atoms. The van der Waals surface area contributed by atoms with Crippen molar-refractivity contribution in [1.82, 2.24) is 0 Å². The van der Waals surface area contributed by atoms with E-state index in [1.807, 2.05) is 32.0 Å². The number of carbonyl (C=O) groups is 2. The van der Waals surface area contributed by atoms with Gasteiger partial charge in [0.2, 0.25) is 11.8 Å². The molecule has 0 spiro atoms. The predicted molar refractivity (Wildman–Crippen MR) is 98.2 cm³/mol. The Morgan fingerprint density at radius 1 is 1.00 bits per heavy atom. The van der Waals surface area contributed by atoms with Crippen LogP contribution in [0.4, 0.5) is 20.2 Å². The van der Waals surface area contributed by atoms with Gasteiger partial charge in [-0.05, 0) is 36.1 Å². The van der Waals surface area contributed by atoms with E-state index >= 15 is 0 Å². The van der Waals surface area contributed by atoms with Gasteiger partial charge in [0.15, 0.2) is 11.6 Å². The maximum atomic E-state index is 13.3. The molecule has 0 aliphatic carbocycles. The van der Waals surface area contributed by atoms with Crippen LogP contribution >= 0.6 is 0 Å². The summed E-state index contributed by atoms with van der Waals surface area (Å²) in [4.78, 5) is 26.0. The largest absolute Gasteiger partial charge is 0.324 e. The molecule has 2 aromatic rings. The highest BCUT2D eigenvalue weighted by atomic mass is 19.2. The summed E-state index contributed by atoms with van der Waals surface area (Å²) in [6.07, 6.45) is 1.44. The Morgan fingerprint density at radius 3 is 2.12 bits per heavy atom. The van der Waals surface area contributed by atoms with Gasteiger partial charge in [-0.3, -0.25) is 9.59 Å². The fraction of sp³-hybridized carbons (Fsp3) is 0.300. The summed E-state index contributed by atoms with van der Waals surface area (Å²) in [6.45, 7) is 5.16. The maximum absolute atomic E-state index is 13.3. The van der Waals surface area contributed by atoms with Crippen LogP contribution in [0, 0.1) is 11.6 Å². The van der Waals surface area contributed by atoms with E-state index in [1.165, 1.54) is 17.9 Å². The molecule has 0 heterocycles. The molecule has 0 saturated heterocycles. The fourth-order valence-electron chi connectivity index (χ4n) is 2.83. The molecule has 0 saturated carbocycles. The lowest BCUT2D eigenvalue weighted by Gasteiger charge is -2.26. The van der Waals surface area contributed by atoms with Gasteiger partial charge in [0.25, 0.3) is 0 Å². The molecule has 0 aromatic heterocycles.